The second-order valence-corrected chi connectivity index (χ2v) is 14.8. The third-order valence-electron chi connectivity index (χ3n) is 10.8. The van der Waals surface area contributed by atoms with Gasteiger partial charge >= 0.3 is 0 Å². The molecule has 0 aliphatic carbocycles. The van der Waals surface area contributed by atoms with Crippen LogP contribution in [0.3, 0.4) is 0 Å². The van der Waals surface area contributed by atoms with Crippen LogP contribution < -0.4 is 9.47 Å². The highest BCUT2D eigenvalue weighted by molar-refractivity contribution is 5.86. The molecule has 274 valence electrons. The van der Waals surface area contributed by atoms with Crippen LogP contribution in [0.2, 0.25) is 0 Å². The van der Waals surface area contributed by atoms with Gasteiger partial charge in [-0.25, -0.2) is 9.36 Å². The first kappa shape index (κ1) is 34.1. The number of fused-ring (bicyclic) bond motifs is 2. The first-order valence-electron chi connectivity index (χ1n) is 19.1. The SMILES string of the molecule is CC1(C)c2cccc(-c3cc(-c4ccccc4)cc(-c4ccccc4)c3)c2Oc2c(-c3cnn(-c4cccc(Oc5cccc(-n6cccn6)c5)c4)c3)cccc21. The maximum absolute atomic E-state index is 7.15. The molecule has 1 aliphatic heterocycles. The Bertz CT molecular complexity index is 2820. The van der Waals surface area contributed by atoms with Crippen molar-refractivity contribution in [3.8, 4) is 78.9 Å². The summed E-state index contributed by atoms with van der Waals surface area (Å²) in [7, 11) is 0. The Morgan fingerprint density at radius 2 is 1.02 bits per heavy atom. The first-order valence-corrected chi connectivity index (χ1v) is 19.1. The number of para-hydroxylation sites is 2. The van der Waals surface area contributed by atoms with Gasteiger partial charge in [0.15, 0.2) is 0 Å². The summed E-state index contributed by atoms with van der Waals surface area (Å²) < 4.78 is 17.2. The minimum atomic E-state index is -0.329. The highest BCUT2D eigenvalue weighted by atomic mass is 16.5. The standard InChI is InChI=1S/C51H38N4O2/c1-51(2)47-24-11-22-45(39-29-37(35-14-5-3-6-15-35)28-38(30-39)36-16-7-4-8-17-36)49(47)57-50-46(23-12-25-48(50)51)40-33-53-55(34-40)42-19-10-21-44(32-42)56-43-20-9-18-41(31-43)54-27-13-26-52-54/h3-34H,1-2H3. The lowest BCUT2D eigenvalue weighted by molar-refractivity contribution is 0.421. The molecule has 0 saturated heterocycles. The lowest BCUT2D eigenvalue weighted by Crippen LogP contribution is -2.25. The van der Waals surface area contributed by atoms with E-state index in [-0.39, 0.29) is 5.41 Å². The number of rotatable bonds is 8. The molecule has 7 aromatic carbocycles. The fourth-order valence-electron chi connectivity index (χ4n) is 7.90. The smallest absolute Gasteiger partial charge is 0.139 e. The van der Waals surface area contributed by atoms with Crippen molar-refractivity contribution in [3.05, 3.63) is 206 Å². The van der Waals surface area contributed by atoms with Gasteiger partial charge in [0.25, 0.3) is 0 Å². The predicted molar refractivity (Wildman–Crippen MR) is 228 cm³/mol. The third-order valence-corrected chi connectivity index (χ3v) is 10.8. The molecule has 0 unspecified atom stereocenters. The van der Waals surface area contributed by atoms with Crippen molar-refractivity contribution in [1.29, 1.82) is 0 Å². The van der Waals surface area contributed by atoms with Crippen LogP contribution in [0.5, 0.6) is 23.0 Å². The Hall–Kier alpha value is -7.44. The number of hydrogen-bond acceptors (Lipinski definition) is 4. The van der Waals surface area contributed by atoms with Crippen LogP contribution in [-0.4, -0.2) is 19.6 Å². The van der Waals surface area contributed by atoms with Crippen molar-refractivity contribution in [2.24, 2.45) is 0 Å². The van der Waals surface area contributed by atoms with E-state index in [1.807, 2.05) is 76.4 Å². The summed E-state index contributed by atoms with van der Waals surface area (Å²) in [6.07, 6.45) is 7.64. The maximum atomic E-state index is 7.15. The van der Waals surface area contributed by atoms with E-state index in [1.165, 1.54) is 11.1 Å². The summed E-state index contributed by atoms with van der Waals surface area (Å²) in [5.41, 5.74) is 12.5. The van der Waals surface area contributed by atoms with Gasteiger partial charge in [-0.05, 0) is 76.3 Å². The third kappa shape index (κ3) is 6.37. The molecule has 1 aliphatic rings. The van der Waals surface area contributed by atoms with Gasteiger partial charge in [-0.3, -0.25) is 0 Å². The minimum Gasteiger partial charge on any atom is -0.457 e. The number of aromatic nitrogens is 4. The summed E-state index contributed by atoms with van der Waals surface area (Å²) in [4.78, 5) is 0. The van der Waals surface area contributed by atoms with Gasteiger partial charge in [-0.2, -0.15) is 10.2 Å². The molecule has 2 aromatic heterocycles. The molecular formula is C51H38N4O2. The van der Waals surface area contributed by atoms with Crippen molar-refractivity contribution in [2.45, 2.75) is 19.3 Å². The lowest BCUT2D eigenvalue weighted by Gasteiger charge is -2.36. The Labute approximate surface area is 331 Å². The molecular weight excluding hydrogens is 701 g/mol. The fourth-order valence-corrected chi connectivity index (χ4v) is 7.90. The van der Waals surface area contributed by atoms with Gasteiger partial charge in [-0.15, -0.1) is 0 Å². The minimum absolute atomic E-state index is 0.329. The molecule has 10 rings (SSSR count). The van der Waals surface area contributed by atoms with E-state index in [0.29, 0.717) is 5.75 Å². The lowest BCUT2D eigenvalue weighted by atomic mass is 9.74. The predicted octanol–water partition coefficient (Wildman–Crippen LogP) is 12.9. The number of nitrogens with zero attached hydrogens (tertiary/aromatic N) is 4. The number of benzene rings is 7. The molecule has 0 amide bonds. The number of ether oxygens (including phenoxy) is 2. The van der Waals surface area contributed by atoms with Gasteiger partial charge < -0.3 is 9.47 Å². The molecule has 57 heavy (non-hydrogen) atoms. The second kappa shape index (κ2) is 14.0. The topological polar surface area (TPSA) is 54.1 Å². The normalized spacial score (nSPS) is 12.7. The quantitative estimate of drug-likeness (QED) is 0.156. The summed E-state index contributed by atoms with van der Waals surface area (Å²) in [6, 6.07) is 58.7. The molecule has 0 bridgehead atoms. The number of hydrogen-bond donors (Lipinski definition) is 0. The van der Waals surface area contributed by atoms with Gasteiger partial charge in [0.1, 0.15) is 23.0 Å². The van der Waals surface area contributed by atoms with E-state index in [1.54, 1.807) is 6.20 Å². The van der Waals surface area contributed by atoms with Crippen LogP contribution in [0.1, 0.15) is 25.0 Å². The van der Waals surface area contributed by atoms with E-state index in [4.69, 9.17) is 14.6 Å². The summed E-state index contributed by atoms with van der Waals surface area (Å²) in [6.45, 7) is 4.58. The van der Waals surface area contributed by atoms with Gasteiger partial charge in [-0.1, -0.05) is 123 Å². The zero-order chi connectivity index (χ0) is 38.3. The van der Waals surface area contributed by atoms with Crippen molar-refractivity contribution < 1.29 is 9.47 Å². The van der Waals surface area contributed by atoms with E-state index >= 15 is 0 Å². The summed E-state index contributed by atoms with van der Waals surface area (Å²) in [5.74, 6) is 3.15. The largest absolute Gasteiger partial charge is 0.457 e. The molecule has 9 aromatic rings. The summed E-state index contributed by atoms with van der Waals surface area (Å²) in [5, 5.41) is 9.17. The highest BCUT2D eigenvalue weighted by Gasteiger charge is 2.37. The molecule has 3 heterocycles. The highest BCUT2D eigenvalue weighted by Crippen LogP contribution is 2.54. The van der Waals surface area contributed by atoms with Crippen molar-refractivity contribution in [1.82, 2.24) is 19.6 Å². The second-order valence-electron chi connectivity index (χ2n) is 14.8. The summed E-state index contributed by atoms with van der Waals surface area (Å²) >= 11 is 0. The Morgan fingerprint density at radius 3 is 1.60 bits per heavy atom. The Kier molecular flexibility index (Phi) is 8.37. The average molecular weight is 739 g/mol. The molecule has 0 spiro atoms. The van der Waals surface area contributed by atoms with E-state index in [2.05, 4.69) is 140 Å². The molecule has 6 nitrogen and oxygen atoms in total. The van der Waals surface area contributed by atoms with E-state index in [9.17, 15) is 0 Å². The van der Waals surface area contributed by atoms with Crippen LogP contribution in [0, 0.1) is 0 Å². The monoisotopic (exact) mass is 738 g/mol. The van der Waals surface area contributed by atoms with Crippen LogP contribution in [-0.2, 0) is 5.41 Å². The maximum Gasteiger partial charge on any atom is 0.139 e. The zero-order valence-corrected chi connectivity index (χ0v) is 31.6. The molecule has 0 N–H and O–H groups in total. The van der Waals surface area contributed by atoms with E-state index < -0.39 is 0 Å². The van der Waals surface area contributed by atoms with Crippen LogP contribution in [0.15, 0.2) is 195 Å². The van der Waals surface area contributed by atoms with Gasteiger partial charge in [0, 0.05) is 64.0 Å². The Balaban J connectivity index is 1.01. The molecule has 0 radical (unpaired) electrons. The molecule has 0 fully saturated rings. The Morgan fingerprint density at radius 1 is 0.474 bits per heavy atom. The van der Waals surface area contributed by atoms with Crippen molar-refractivity contribution in [2.75, 3.05) is 0 Å². The van der Waals surface area contributed by atoms with Gasteiger partial charge in [0.2, 0.25) is 0 Å². The fraction of sp³-hybridized carbons (Fsp3) is 0.0588. The van der Waals surface area contributed by atoms with Crippen molar-refractivity contribution >= 4 is 0 Å². The van der Waals surface area contributed by atoms with Crippen LogP contribution >= 0.6 is 0 Å². The zero-order valence-electron chi connectivity index (χ0n) is 31.6. The van der Waals surface area contributed by atoms with Gasteiger partial charge in [0.05, 0.1) is 17.6 Å². The average Bonchev–Trinajstić information content (AvgIpc) is 3.99. The van der Waals surface area contributed by atoms with E-state index in [0.717, 1.165) is 73.1 Å². The van der Waals surface area contributed by atoms with Crippen molar-refractivity contribution in [3.63, 3.8) is 0 Å². The molecule has 6 heteroatoms. The van der Waals surface area contributed by atoms with Crippen LogP contribution in [0.4, 0.5) is 0 Å². The first-order chi connectivity index (χ1) is 28.0. The molecule has 0 atom stereocenters. The molecule has 0 saturated carbocycles. The van der Waals surface area contributed by atoms with Crippen LogP contribution in [0.25, 0.3) is 55.9 Å².